The summed E-state index contributed by atoms with van der Waals surface area (Å²) in [5.41, 5.74) is 3.32. The third-order valence-corrected chi connectivity index (χ3v) is 3.46. The predicted molar refractivity (Wildman–Crippen MR) is 62.6 cm³/mol. The maximum atomic E-state index is 6.32. The molecule has 0 fully saturated rings. The van der Waals surface area contributed by atoms with Gasteiger partial charge in [0, 0.05) is 24.2 Å². The number of hydrogen-bond donors (Lipinski definition) is 1. The first-order chi connectivity index (χ1) is 7.24. The Kier molecular flexibility index (Phi) is 3.52. The van der Waals surface area contributed by atoms with Crippen molar-refractivity contribution in [2.24, 2.45) is 0 Å². The van der Waals surface area contributed by atoms with Gasteiger partial charge >= 0.3 is 0 Å². The van der Waals surface area contributed by atoms with Gasteiger partial charge in [-0.25, -0.2) is 0 Å². The predicted octanol–water partition coefficient (Wildman–Crippen LogP) is 2.79. The molecule has 0 radical (unpaired) electrons. The van der Waals surface area contributed by atoms with E-state index in [4.69, 9.17) is 27.9 Å². The van der Waals surface area contributed by atoms with Crippen molar-refractivity contribution in [1.82, 2.24) is 5.32 Å². The summed E-state index contributed by atoms with van der Waals surface area (Å²) < 4.78 is 5.10. The summed E-state index contributed by atoms with van der Waals surface area (Å²) in [6.45, 7) is 2.29. The summed E-state index contributed by atoms with van der Waals surface area (Å²) in [6.07, 6.45) is 0.960. The van der Waals surface area contributed by atoms with Crippen LogP contribution in [0, 0.1) is 0 Å². The van der Waals surface area contributed by atoms with E-state index in [2.05, 4.69) is 5.32 Å². The molecule has 0 unspecified atom stereocenters. The topological polar surface area (TPSA) is 21.3 Å². The van der Waals surface area contributed by atoms with Gasteiger partial charge in [-0.05, 0) is 30.2 Å². The van der Waals surface area contributed by atoms with Crippen molar-refractivity contribution in [3.63, 3.8) is 0 Å². The van der Waals surface area contributed by atoms with Crippen LogP contribution in [0.4, 0.5) is 0 Å². The molecule has 0 bridgehead atoms. The molecule has 0 spiro atoms. The van der Waals surface area contributed by atoms with Crippen LogP contribution in [0.1, 0.15) is 16.7 Å². The van der Waals surface area contributed by atoms with E-state index in [-0.39, 0.29) is 0 Å². The van der Waals surface area contributed by atoms with E-state index in [0.29, 0.717) is 11.6 Å². The molecule has 2 nitrogen and oxygen atoms in total. The molecule has 1 N–H and O–H groups in total. The second-order valence-electron chi connectivity index (χ2n) is 3.65. The molecule has 82 valence electrons. The fourth-order valence-corrected chi connectivity index (χ4v) is 2.60. The van der Waals surface area contributed by atoms with Crippen LogP contribution in [0.25, 0.3) is 0 Å². The van der Waals surface area contributed by atoms with Gasteiger partial charge in [0.05, 0.1) is 11.6 Å². The Labute approximate surface area is 99.5 Å². The lowest BCUT2D eigenvalue weighted by Gasteiger charge is -2.21. The highest BCUT2D eigenvalue weighted by Crippen LogP contribution is 2.33. The van der Waals surface area contributed by atoms with Crippen molar-refractivity contribution in [1.29, 1.82) is 0 Å². The molecule has 0 atom stereocenters. The standard InChI is InChI=1S/C11H13Cl2NO/c1-15-6-9-10(12)4-7-5-14-3-2-8(7)11(9)13/h4,14H,2-3,5-6H2,1H3. The van der Waals surface area contributed by atoms with Gasteiger partial charge in [0.1, 0.15) is 0 Å². The molecule has 1 aliphatic heterocycles. The van der Waals surface area contributed by atoms with Crippen molar-refractivity contribution < 1.29 is 4.74 Å². The van der Waals surface area contributed by atoms with Crippen LogP contribution in [0.15, 0.2) is 6.07 Å². The molecule has 1 heterocycles. The molecule has 0 amide bonds. The van der Waals surface area contributed by atoms with Crippen LogP contribution >= 0.6 is 23.2 Å². The van der Waals surface area contributed by atoms with E-state index < -0.39 is 0 Å². The minimum atomic E-state index is 0.471. The summed E-state index contributed by atoms with van der Waals surface area (Å²) in [5, 5.41) is 4.78. The van der Waals surface area contributed by atoms with Crippen molar-refractivity contribution in [2.45, 2.75) is 19.6 Å². The molecule has 1 aromatic carbocycles. The molecule has 2 rings (SSSR count). The molecular weight excluding hydrogens is 233 g/mol. The van der Waals surface area contributed by atoms with Crippen molar-refractivity contribution in [3.05, 3.63) is 32.8 Å². The third kappa shape index (κ3) is 2.13. The van der Waals surface area contributed by atoms with E-state index in [0.717, 1.165) is 30.1 Å². The first-order valence-electron chi connectivity index (χ1n) is 4.92. The van der Waals surface area contributed by atoms with Gasteiger partial charge in [0.15, 0.2) is 0 Å². The monoisotopic (exact) mass is 245 g/mol. The van der Waals surface area contributed by atoms with Crippen molar-refractivity contribution >= 4 is 23.2 Å². The largest absolute Gasteiger partial charge is 0.380 e. The average Bonchev–Trinajstić information content (AvgIpc) is 2.24. The van der Waals surface area contributed by atoms with Crippen molar-refractivity contribution in [3.8, 4) is 0 Å². The highest BCUT2D eigenvalue weighted by atomic mass is 35.5. The molecule has 0 aliphatic carbocycles. The van der Waals surface area contributed by atoms with E-state index >= 15 is 0 Å². The van der Waals surface area contributed by atoms with E-state index in [1.807, 2.05) is 6.07 Å². The second-order valence-corrected chi connectivity index (χ2v) is 4.43. The minimum absolute atomic E-state index is 0.471. The van der Waals surface area contributed by atoms with E-state index in [1.54, 1.807) is 7.11 Å². The van der Waals surface area contributed by atoms with Crippen LogP contribution in [0.3, 0.4) is 0 Å². The number of methoxy groups -OCH3 is 1. The first kappa shape index (κ1) is 11.2. The highest BCUT2D eigenvalue weighted by Gasteiger charge is 2.17. The van der Waals surface area contributed by atoms with Crippen LogP contribution in [0.2, 0.25) is 10.0 Å². The normalized spacial score (nSPS) is 15.1. The lowest BCUT2D eigenvalue weighted by atomic mass is 9.98. The van der Waals surface area contributed by atoms with Crippen LogP contribution in [-0.2, 0) is 24.3 Å². The lowest BCUT2D eigenvalue weighted by Crippen LogP contribution is -2.24. The number of rotatable bonds is 2. The maximum Gasteiger partial charge on any atom is 0.0742 e. The second kappa shape index (κ2) is 4.71. The van der Waals surface area contributed by atoms with Crippen LogP contribution in [-0.4, -0.2) is 13.7 Å². The number of fused-ring (bicyclic) bond motifs is 1. The Balaban J connectivity index is 2.49. The van der Waals surface area contributed by atoms with Crippen LogP contribution < -0.4 is 5.32 Å². The maximum absolute atomic E-state index is 6.32. The molecule has 4 heteroatoms. The Hall–Kier alpha value is -0.280. The van der Waals surface area contributed by atoms with Crippen LogP contribution in [0.5, 0.6) is 0 Å². The molecule has 0 aromatic heterocycles. The quantitative estimate of drug-likeness (QED) is 0.866. The van der Waals surface area contributed by atoms with Gasteiger partial charge in [-0.2, -0.15) is 0 Å². The SMILES string of the molecule is COCc1c(Cl)cc2c(c1Cl)CCNC2. The number of halogens is 2. The molecule has 0 saturated heterocycles. The van der Waals surface area contributed by atoms with Gasteiger partial charge in [0.25, 0.3) is 0 Å². The highest BCUT2D eigenvalue weighted by molar-refractivity contribution is 6.36. The number of ether oxygens (including phenoxy) is 1. The zero-order valence-electron chi connectivity index (χ0n) is 8.57. The Morgan fingerprint density at radius 2 is 2.27 bits per heavy atom. The summed E-state index contributed by atoms with van der Waals surface area (Å²) in [6, 6.07) is 1.99. The van der Waals surface area contributed by atoms with Gasteiger partial charge in [-0.15, -0.1) is 0 Å². The van der Waals surface area contributed by atoms with E-state index in [1.165, 1.54) is 11.1 Å². The average molecular weight is 246 g/mol. The van der Waals surface area contributed by atoms with Gasteiger partial charge < -0.3 is 10.1 Å². The Morgan fingerprint density at radius 1 is 1.47 bits per heavy atom. The smallest absolute Gasteiger partial charge is 0.0742 e. The lowest BCUT2D eigenvalue weighted by molar-refractivity contribution is 0.185. The molecule has 1 aromatic rings. The fraction of sp³-hybridized carbons (Fsp3) is 0.455. The number of hydrogen-bond acceptors (Lipinski definition) is 2. The number of benzene rings is 1. The summed E-state index contributed by atoms with van der Waals surface area (Å²) >= 11 is 12.5. The summed E-state index contributed by atoms with van der Waals surface area (Å²) in [4.78, 5) is 0. The minimum Gasteiger partial charge on any atom is -0.380 e. The van der Waals surface area contributed by atoms with Crippen molar-refractivity contribution in [2.75, 3.05) is 13.7 Å². The Morgan fingerprint density at radius 3 is 3.00 bits per heavy atom. The van der Waals surface area contributed by atoms with Gasteiger partial charge in [-0.3, -0.25) is 0 Å². The molecule has 0 saturated carbocycles. The third-order valence-electron chi connectivity index (χ3n) is 2.66. The first-order valence-corrected chi connectivity index (χ1v) is 5.68. The van der Waals surface area contributed by atoms with E-state index in [9.17, 15) is 0 Å². The zero-order valence-corrected chi connectivity index (χ0v) is 10.1. The molecular formula is C11H13Cl2NO. The van der Waals surface area contributed by atoms with Gasteiger partial charge in [0.2, 0.25) is 0 Å². The Bertz CT molecular complexity index is 379. The number of nitrogens with one attached hydrogen (secondary N) is 1. The van der Waals surface area contributed by atoms with Gasteiger partial charge in [-0.1, -0.05) is 23.2 Å². The summed E-state index contributed by atoms with van der Waals surface area (Å²) in [7, 11) is 1.65. The molecule has 1 aliphatic rings. The summed E-state index contributed by atoms with van der Waals surface area (Å²) in [5.74, 6) is 0. The zero-order chi connectivity index (χ0) is 10.8. The fourth-order valence-electron chi connectivity index (χ4n) is 1.90. The molecule has 15 heavy (non-hydrogen) atoms.